The largest absolute Gasteiger partial charge is 0.472 e. The van der Waals surface area contributed by atoms with Crippen LogP contribution in [-0.4, -0.2) is 96.7 Å². The Bertz CT molecular complexity index is 2100. The lowest BCUT2D eigenvalue weighted by molar-refractivity contribution is -0.161. The number of phosphoric ester groups is 2. The minimum atomic E-state index is -4.97. The van der Waals surface area contributed by atoms with E-state index in [9.17, 15) is 43.2 Å². The van der Waals surface area contributed by atoms with Crippen LogP contribution in [-0.2, 0) is 65.4 Å². The van der Waals surface area contributed by atoms with Gasteiger partial charge in [0, 0.05) is 25.7 Å². The van der Waals surface area contributed by atoms with Crippen molar-refractivity contribution in [2.75, 3.05) is 39.6 Å². The van der Waals surface area contributed by atoms with Gasteiger partial charge in [0.25, 0.3) is 0 Å². The van der Waals surface area contributed by atoms with Crippen molar-refractivity contribution in [3.05, 3.63) is 0 Å². The zero-order valence-electron chi connectivity index (χ0n) is 72.0. The van der Waals surface area contributed by atoms with Crippen molar-refractivity contribution in [2.24, 2.45) is 17.8 Å². The van der Waals surface area contributed by atoms with Gasteiger partial charge in [-0.05, 0) is 43.4 Å². The lowest BCUT2D eigenvalue weighted by Gasteiger charge is -2.21. The molecule has 0 bridgehead atoms. The molecule has 0 rings (SSSR count). The maximum Gasteiger partial charge on any atom is 0.472 e. The summed E-state index contributed by atoms with van der Waals surface area (Å²) in [5.41, 5.74) is 0. The van der Waals surface area contributed by atoms with Crippen molar-refractivity contribution < 1.29 is 80.2 Å². The van der Waals surface area contributed by atoms with Gasteiger partial charge in [-0.1, -0.05) is 427 Å². The second kappa shape index (κ2) is 79.9. The van der Waals surface area contributed by atoms with E-state index in [0.717, 1.165) is 108 Å². The standard InChI is InChI=1S/C90H176O17P2/c1-8-11-12-13-14-15-16-17-18-19-20-21-22-23-28-31-34-37-43-52-59-66-73-89(94)106-85(77-100-87(92)71-64-57-50-42-36-33-30-27-25-24-26-29-32-35-40-47-54-61-68-81(4)5)79-104-108(96,97)102-75-84(91)76-103-109(98,99)105-80-86(78-101-88(93)72-65-58-51-46-45-49-56-63-70-83(7)10-3)107-90(95)74-67-60-53-44-39-38-41-48-55-62-69-82(6)9-2/h81-86,91H,8-80H2,1-7H3,(H,96,97)(H,98,99)/t82?,83?,84-,85-,86-/m1/s1. The summed E-state index contributed by atoms with van der Waals surface area (Å²) in [6.07, 6.45) is 72.3. The Morgan fingerprint density at radius 1 is 0.266 bits per heavy atom. The van der Waals surface area contributed by atoms with Crippen LogP contribution in [0.25, 0.3) is 0 Å². The minimum Gasteiger partial charge on any atom is -0.462 e. The third kappa shape index (κ3) is 81.0. The van der Waals surface area contributed by atoms with Gasteiger partial charge in [0.2, 0.25) is 0 Å². The Morgan fingerprint density at radius 2 is 0.468 bits per heavy atom. The summed E-state index contributed by atoms with van der Waals surface area (Å²) >= 11 is 0. The van der Waals surface area contributed by atoms with Gasteiger partial charge in [-0.2, -0.15) is 0 Å². The average molecular weight is 1590 g/mol. The van der Waals surface area contributed by atoms with Crippen molar-refractivity contribution in [1.29, 1.82) is 0 Å². The number of aliphatic hydroxyl groups is 1. The minimum absolute atomic E-state index is 0.106. The smallest absolute Gasteiger partial charge is 0.462 e. The number of ether oxygens (including phenoxy) is 4. The van der Waals surface area contributed by atoms with E-state index >= 15 is 0 Å². The molecule has 0 fully saturated rings. The number of carbonyl (C=O) groups excluding carboxylic acids is 4. The van der Waals surface area contributed by atoms with Crippen LogP contribution < -0.4 is 0 Å². The molecule has 0 amide bonds. The van der Waals surface area contributed by atoms with Crippen molar-refractivity contribution in [3.8, 4) is 0 Å². The third-order valence-corrected chi connectivity index (χ3v) is 23.8. The quantitative estimate of drug-likeness (QED) is 0.0222. The predicted molar refractivity (Wildman–Crippen MR) is 451 cm³/mol. The second-order valence-electron chi connectivity index (χ2n) is 33.3. The second-order valence-corrected chi connectivity index (χ2v) is 36.2. The van der Waals surface area contributed by atoms with Crippen molar-refractivity contribution >= 4 is 39.5 Å². The van der Waals surface area contributed by atoms with E-state index in [1.165, 1.54) is 289 Å². The van der Waals surface area contributed by atoms with E-state index in [2.05, 4.69) is 48.5 Å². The first-order chi connectivity index (χ1) is 52.8. The van der Waals surface area contributed by atoms with Crippen LogP contribution in [0.2, 0.25) is 0 Å². The number of unbranched alkanes of at least 4 members (excludes halogenated alkanes) is 54. The summed E-state index contributed by atoms with van der Waals surface area (Å²) < 4.78 is 69.0. The highest BCUT2D eigenvalue weighted by Crippen LogP contribution is 2.45. The van der Waals surface area contributed by atoms with Crippen LogP contribution in [0, 0.1) is 17.8 Å². The first kappa shape index (κ1) is 107. The molecule has 0 heterocycles. The van der Waals surface area contributed by atoms with E-state index in [1.54, 1.807) is 0 Å². The maximum absolute atomic E-state index is 13.2. The lowest BCUT2D eigenvalue weighted by Crippen LogP contribution is -2.30. The number of phosphoric acid groups is 2. The number of esters is 4. The highest BCUT2D eigenvalue weighted by molar-refractivity contribution is 7.47. The van der Waals surface area contributed by atoms with Crippen LogP contribution >= 0.6 is 15.6 Å². The molecule has 19 heteroatoms. The van der Waals surface area contributed by atoms with Gasteiger partial charge in [-0.15, -0.1) is 0 Å². The predicted octanol–water partition coefficient (Wildman–Crippen LogP) is 27.6. The van der Waals surface area contributed by atoms with Crippen LogP contribution in [0.1, 0.15) is 479 Å². The Balaban J connectivity index is 5.24. The molecule has 17 nitrogen and oxygen atoms in total. The van der Waals surface area contributed by atoms with E-state index in [4.69, 9.17) is 37.0 Å². The van der Waals surface area contributed by atoms with Gasteiger partial charge in [-0.25, -0.2) is 9.13 Å². The summed E-state index contributed by atoms with van der Waals surface area (Å²) in [4.78, 5) is 73.4. The van der Waals surface area contributed by atoms with Crippen LogP contribution in [0.15, 0.2) is 0 Å². The molecule has 0 aromatic carbocycles. The number of rotatable bonds is 88. The fraction of sp³-hybridized carbons (Fsp3) is 0.956. The number of hydrogen-bond acceptors (Lipinski definition) is 15. The molecular weight excluding hydrogens is 1410 g/mol. The van der Waals surface area contributed by atoms with Crippen molar-refractivity contribution in [1.82, 2.24) is 0 Å². The zero-order chi connectivity index (χ0) is 80.0. The Labute approximate surface area is 670 Å². The van der Waals surface area contributed by atoms with Gasteiger partial charge in [0.05, 0.1) is 26.4 Å². The first-order valence-corrected chi connectivity index (χ1v) is 49.4. The van der Waals surface area contributed by atoms with Gasteiger partial charge in [-0.3, -0.25) is 37.3 Å². The third-order valence-electron chi connectivity index (χ3n) is 21.9. The van der Waals surface area contributed by atoms with E-state index in [0.29, 0.717) is 25.7 Å². The van der Waals surface area contributed by atoms with Crippen LogP contribution in [0.4, 0.5) is 0 Å². The average Bonchev–Trinajstić information content (AvgIpc) is 0.894. The molecular formula is C90H176O17P2. The molecule has 4 unspecified atom stereocenters. The zero-order valence-corrected chi connectivity index (χ0v) is 73.8. The highest BCUT2D eigenvalue weighted by Gasteiger charge is 2.31. The summed E-state index contributed by atoms with van der Waals surface area (Å²) in [7, 11) is -9.94. The van der Waals surface area contributed by atoms with E-state index in [-0.39, 0.29) is 25.7 Å². The molecule has 648 valence electrons. The molecule has 0 saturated heterocycles. The lowest BCUT2D eigenvalue weighted by atomic mass is 9.99. The van der Waals surface area contributed by atoms with E-state index in [1.807, 2.05) is 0 Å². The summed E-state index contributed by atoms with van der Waals surface area (Å²) in [5.74, 6) is 0.302. The van der Waals surface area contributed by atoms with Gasteiger partial charge >= 0.3 is 39.5 Å². The Morgan fingerprint density at radius 3 is 0.697 bits per heavy atom. The molecule has 0 aliphatic heterocycles. The molecule has 0 aromatic rings. The topological polar surface area (TPSA) is 237 Å². The van der Waals surface area contributed by atoms with Crippen LogP contribution in [0.5, 0.6) is 0 Å². The fourth-order valence-corrected chi connectivity index (χ4v) is 15.6. The van der Waals surface area contributed by atoms with E-state index < -0.39 is 97.5 Å². The monoisotopic (exact) mass is 1590 g/mol. The summed E-state index contributed by atoms with van der Waals surface area (Å²) in [6, 6.07) is 0. The Hall–Kier alpha value is -1.94. The number of aliphatic hydroxyl groups excluding tert-OH is 1. The first-order valence-electron chi connectivity index (χ1n) is 46.4. The molecule has 7 atom stereocenters. The highest BCUT2D eigenvalue weighted by atomic mass is 31.2. The molecule has 3 N–H and O–H groups in total. The molecule has 0 aliphatic carbocycles. The number of hydrogen-bond donors (Lipinski definition) is 3. The van der Waals surface area contributed by atoms with Gasteiger partial charge < -0.3 is 33.8 Å². The van der Waals surface area contributed by atoms with Crippen molar-refractivity contribution in [2.45, 2.75) is 497 Å². The molecule has 0 saturated carbocycles. The van der Waals surface area contributed by atoms with Crippen molar-refractivity contribution in [3.63, 3.8) is 0 Å². The Kier molecular flexibility index (Phi) is 78.5. The summed E-state index contributed by atoms with van der Waals surface area (Å²) in [6.45, 7) is 12.1. The van der Waals surface area contributed by atoms with Gasteiger partial charge in [0.1, 0.15) is 19.3 Å². The van der Waals surface area contributed by atoms with Gasteiger partial charge in [0.15, 0.2) is 12.2 Å². The SMILES string of the molecule is CCCCCCCCCCCCCCCCCCCCCCCCC(=O)O[C@H](COC(=O)CCCCCCCCCCCCCCCCCCCCC(C)C)COP(=O)(O)OC[C@@H](O)COP(=O)(O)OC[C@@H](COC(=O)CCCCCCCCCCC(C)CC)OC(=O)CCCCCCCCCCCCC(C)CC. The molecule has 0 aliphatic rings. The molecule has 0 spiro atoms. The fourth-order valence-electron chi connectivity index (χ4n) is 14.0. The normalized spacial score (nSPS) is 14.3. The molecule has 0 aromatic heterocycles. The molecule has 109 heavy (non-hydrogen) atoms. The van der Waals surface area contributed by atoms with Crippen LogP contribution in [0.3, 0.4) is 0 Å². The maximum atomic E-state index is 13.2. The molecule has 0 radical (unpaired) electrons. The summed E-state index contributed by atoms with van der Waals surface area (Å²) in [5, 5.41) is 10.7. The number of carbonyl (C=O) groups is 4.